The molecule has 0 saturated carbocycles. The van der Waals surface area contributed by atoms with Gasteiger partial charge in [0.25, 0.3) is 0 Å². The smallest absolute Gasteiger partial charge is 0.307 e. The van der Waals surface area contributed by atoms with E-state index in [0.29, 0.717) is 11.4 Å². The third kappa shape index (κ3) is 2.38. The second-order valence-electron chi connectivity index (χ2n) is 3.90. The minimum absolute atomic E-state index is 0.166. The van der Waals surface area contributed by atoms with E-state index >= 15 is 0 Å². The lowest BCUT2D eigenvalue weighted by Crippen LogP contribution is -2.26. The average molecular weight is 258 g/mol. The number of amides is 1. The van der Waals surface area contributed by atoms with Crippen molar-refractivity contribution in [3.8, 4) is 0 Å². The van der Waals surface area contributed by atoms with Gasteiger partial charge in [0.05, 0.1) is 0 Å². The third-order valence-electron chi connectivity index (χ3n) is 2.67. The molecule has 0 aromatic heterocycles. The number of anilines is 2. The number of halogens is 1. The van der Waals surface area contributed by atoms with E-state index in [1.165, 1.54) is 4.90 Å². The standard InChI is InChI=1S/C10H11FN2O3S/c11-17(15,16)9-5-10(14)13(6-9)8-3-1-2-7(12)4-8/h1-4,9H,5-6,12H2. The van der Waals surface area contributed by atoms with Crippen LogP contribution in [0.25, 0.3) is 0 Å². The first-order chi connectivity index (χ1) is 7.88. The minimum atomic E-state index is -4.68. The summed E-state index contributed by atoms with van der Waals surface area (Å²) in [5, 5.41) is -1.28. The molecule has 2 rings (SSSR count). The molecule has 7 heteroatoms. The zero-order valence-corrected chi connectivity index (χ0v) is 9.65. The maximum absolute atomic E-state index is 12.8. The predicted molar refractivity (Wildman–Crippen MR) is 61.6 cm³/mol. The van der Waals surface area contributed by atoms with Gasteiger partial charge < -0.3 is 10.6 Å². The molecule has 1 amide bonds. The molecule has 0 radical (unpaired) electrons. The Labute approximate surface area is 98.2 Å². The first-order valence-corrected chi connectivity index (χ1v) is 6.42. The highest BCUT2D eigenvalue weighted by molar-refractivity contribution is 7.87. The first-order valence-electron chi connectivity index (χ1n) is 4.97. The van der Waals surface area contributed by atoms with E-state index < -0.39 is 21.4 Å². The molecule has 1 atom stereocenters. The van der Waals surface area contributed by atoms with Crippen LogP contribution in [0, 0.1) is 0 Å². The topological polar surface area (TPSA) is 80.5 Å². The van der Waals surface area contributed by atoms with Crippen molar-refractivity contribution in [3.05, 3.63) is 24.3 Å². The minimum Gasteiger partial charge on any atom is -0.399 e. The van der Waals surface area contributed by atoms with Crippen molar-refractivity contribution in [2.24, 2.45) is 0 Å². The highest BCUT2D eigenvalue weighted by atomic mass is 32.3. The van der Waals surface area contributed by atoms with E-state index in [1.54, 1.807) is 24.3 Å². The Hall–Kier alpha value is -1.63. The van der Waals surface area contributed by atoms with Crippen LogP contribution in [0.15, 0.2) is 24.3 Å². The summed E-state index contributed by atoms with van der Waals surface area (Å²) >= 11 is 0. The van der Waals surface area contributed by atoms with Crippen LogP contribution in [0.3, 0.4) is 0 Å². The number of hydrogen-bond donors (Lipinski definition) is 1. The predicted octanol–water partition coefficient (Wildman–Crippen LogP) is 0.673. The summed E-state index contributed by atoms with van der Waals surface area (Å²) in [4.78, 5) is 12.8. The van der Waals surface area contributed by atoms with Gasteiger partial charge in [0, 0.05) is 24.3 Å². The molecule has 92 valence electrons. The molecule has 5 nitrogen and oxygen atoms in total. The summed E-state index contributed by atoms with van der Waals surface area (Å²) in [5.74, 6) is -0.415. The fourth-order valence-corrected chi connectivity index (χ4v) is 2.47. The number of carbonyl (C=O) groups is 1. The van der Waals surface area contributed by atoms with E-state index in [4.69, 9.17) is 5.73 Å². The summed E-state index contributed by atoms with van der Waals surface area (Å²) in [5.41, 5.74) is 6.51. The fraction of sp³-hybridized carbons (Fsp3) is 0.300. The van der Waals surface area contributed by atoms with Gasteiger partial charge in [0.1, 0.15) is 5.25 Å². The van der Waals surface area contributed by atoms with Crippen LogP contribution in [-0.4, -0.2) is 26.1 Å². The maximum atomic E-state index is 12.8. The van der Waals surface area contributed by atoms with Crippen LogP contribution in [0.1, 0.15) is 6.42 Å². The van der Waals surface area contributed by atoms with Gasteiger partial charge >= 0.3 is 10.2 Å². The van der Waals surface area contributed by atoms with Crippen molar-refractivity contribution in [2.45, 2.75) is 11.7 Å². The molecule has 0 spiro atoms. The highest BCUT2D eigenvalue weighted by Crippen LogP contribution is 2.26. The van der Waals surface area contributed by atoms with Crippen LogP contribution in [0.4, 0.5) is 15.3 Å². The maximum Gasteiger partial charge on any atom is 0.307 e. The normalized spacial score (nSPS) is 20.9. The molecule has 2 N–H and O–H groups in total. The van der Waals surface area contributed by atoms with Crippen molar-refractivity contribution in [1.82, 2.24) is 0 Å². The van der Waals surface area contributed by atoms with E-state index in [1.807, 2.05) is 0 Å². The van der Waals surface area contributed by atoms with Crippen LogP contribution in [0.2, 0.25) is 0 Å². The molecule has 1 aromatic rings. The monoisotopic (exact) mass is 258 g/mol. The number of nitrogens with zero attached hydrogens (tertiary/aromatic N) is 1. The average Bonchev–Trinajstić information content (AvgIpc) is 2.60. The molecule has 17 heavy (non-hydrogen) atoms. The first kappa shape index (κ1) is 11.8. The molecular formula is C10H11FN2O3S. The van der Waals surface area contributed by atoms with Crippen molar-refractivity contribution in [3.63, 3.8) is 0 Å². The van der Waals surface area contributed by atoms with Gasteiger partial charge in [-0.05, 0) is 18.2 Å². The Kier molecular flexibility index (Phi) is 2.78. The second kappa shape index (κ2) is 3.99. The van der Waals surface area contributed by atoms with Gasteiger partial charge in [-0.1, -0.05) is 6.07 Å². The van der Waals surface area contributed by atoms with Gasteiger partial charge in [0.2, 0.25) is 5.91 Å². The Morgan fingerprint density at radius 3 is 2.65 bits per heavy atom. The van der Waals surface area contributed by atoms with E-state index in [0.717, 1.165) is 0 Å². The molecule has 1 heterocycles. The molecule has 1 saturated heterocycles. The molecule has 1 aromatic carbocycles. The summed E-state index contributed by atoms with van der Waals surface area (Å²) in [7, 11) is -4.68. The van der Waals surface area contributed by atoms with Crippen molar-refractivity contribution in [2.75, 3.05) is 17.2 Å². The molecule has 1 fully saturated rings. The van der Waals surface area contributed by atoms with Crippen LogP contribution in [0.5, 0.6) is 0 Å². The zero-order chi connectivity index (χ0) is 12.6. The van der Waals surface area contributed by atoms with Gasteiger partial charge in [-0.3, -0.25) is 4.79 Å². The lowest BCUT2D eigenvalue weighted by Gasteiger charge is -2.16. The molecule has 0 aliphatic carbocycles. The SMILES string of the molecule is Nc1cccc(N2CC(S(=O)(=O)F)CC2=O)c1. The van der Waals surface area contributed by atoms with E-state index in [2.05, 4.69) is 0 Å². The quantitative estimate of drug-likeness (QED) is 0.624. The molecule has 1 aliphatic heterocycles. The number of nitrogens with two attached hydrogens (primary N) is 1. The van der Waals surface area contributed by atoms with Crippen molar-refractivity contribution in [1.29, 1.82) is 0 Å². The van der Waals surface area contributed by atoms with Crippen molar-refractivity contribution >= 4 is 27.5 Å². The van der Waals surface area contributed by atoms with E-state index in [9.17, 15) is 17.1 Å². The van der Waals surface area contributed by atoms with Gasteiger partial charge in [-0.15, -0.1) is 3.89 Å². The van der Waals surface area contributed by atoms with Gasteiger partial charge in [0.15, 0.2) is 0 Å². The summed E-state index contributed by atoms with van der Waals surface area (Å²) in [6.07, 6.45) is -0.326. The number of carbonyl (C=O) groups excluding carboxylic acids is 1. The molecule has 1 aliphatic rings. The Balaban J connectivity index is 2.28. The lowest BCUT2D eigenvalue weighted by molar-refractivity contribution is -0.117. The molecule has 1 unspecified atom stereocenters. The number of nitrogen functional groups attached to an aromatic ring is 1. The summed E-state index contributed by atoms with van der Waals surface area (Å²) in [6, 6.07) is 6.47. The largest absolute Gasteiger partial charge is 0.399 e. The fourth-order valence-electron chi connectivity index (χ4n) is 1.81. The third-order valence-corrected chi connectivity index (χ3v) is 3.78. The van der Waals surface area contributed by atoms with Crippen molar-refractivity contribution < 1.29 is 17.1 Å². The Morgan fingerprint density at radius 2 is 2.12 bits per heavy atom. The second-order valence-corrected chi connectivity index (χ2v) is 5.52. The number of benzene rings is 1. The van der Waals surface area contributed by atoms with Crippen LogP contribution >= 0.6 is 0 Å². The number of hydrogen-bond acceptors (Lipinski definition) is 4. The van der Waals surface area contributed by atoms with Crippen LogP contribution in [-0.2, 0) is 15.0 Å². The highest BCUT2D eigenvalue weighted by Gasteiger charge is 2.38. The Morgan fingerprint density at radius 1 is 1.41 bits per heavy atom. The lowest BCUT2D eigenvalue weighted by atomic mass is 10.2. The van der Waals surface area contributed by atoms with Gasteiger partial charge in [-0.25, -0.2) is 0 Å². The van der Waals surface area contributed by atoms with Gasteiger partial charge in [-0.2, -0.15) is 8.42 Å². The van der Waals surface area contributed by atoms with E-state index in [-0.39, 0.29) is 13.0 Å². The zero-order valence-electron chi connectivity index (χ0n) is 8.84. The molecular weight excluding hydrogens is 247 g/mol. The Bertz CT molecular complexity index is 558. The molecule has 0 bridgehead atoms. The summed E-state index contributed by atoms with van der Waals surface area (Å²) in [6.45, 7) is -0.166. The summed E-state index contributed by atoms with van der Waals surface area (Å²) < 4.78 is 34.3. The number of rotatable bonds is 2. The van der Waals surface area contributed by atoms with Crippen LogP contribution < -0.4 is 10.6 Å².